The average Bonchev–Trinajstić information content (AvgIpc) is 2.71. The summed E-state index contributed by atoms with van der Waals surface area (Å²) in [6.07, 6.45) is 4.63. The van der Waals surface area contributed by atoms with E-state index in [1.54, 1.807) is 36.7 Å². The normalized spacial score (nSPS) is 12.2. The molecule has 1 N–H and O–H groups in total. The molecule has 0 aliphatic rings. The van der Waals surface area contributed by atoms with E-state index in [-0.39, 0.29) is 17.0 Å². The molecule has 6 nitrogen and oxygen atoms in total. The highest BCUT2D eigenvalue weighted by molar-refractivity contribution is 6.29. The molecule has 0 aliphatic heterocycles. The number of aromatic nitrogens is 2. The quantitative estimate of drug-likeness (QED) is 0.586. The molecule has 1 atom stereocenters. The maximum absolute atomic E-state index is 13.7. The molecule has 0 saturated heterocycles. The molecule has 1 aromatic carbocycles. The van der Waals surface area contributed by atoms with Crippen molar-refractivity contribution in [2.75, 3.05) is 4.90 Å². The monoisotopic (exact) mass is 436 g/mol. The van der Waals surface area contributed by atoms with Gasteiger partial charge in [-0.15, -0.1) is 0 Å². The molecule has 3 aromatic rings. The number of hydrogen-bond donors (Lipinski definition) is 1. The van der Waals surface area contributed by atoms with Crippen LogP contribution in [0.5, 0.6) is 0 Å². The van der Waals surface area contributed by atoms with Gasteiger partial charge in [-0.3, -0.25) is 19.5 Å². The van der Waals surface area contributed by atoms with Gasteiger partial charge in [0.2, 0.25) is 5.91 Å². The van der Waals surface area contributed by atoms with Crippen LogP contribution in [-0.2, 0) is 4.79 Å². The van der Waals surface area contributed by atoms with Crippen LogP contribution in [0, 0.1) is 6.92 Å². The van der Waals surface area contributed by atoms with Crippen LogP contribution in [0.15, 0.2) is 67.1 Å². The predicted octanol–water partition coefficient (Wildman–Crippen LogP) is 4.74. The number of nitrogens with one attached hydrogen (secondary N) is 1. The maximum Gasteiger partial charge on any atom is 0.260 e. The zero-order valence-corrected chi connectivity index (χ0v) is 18.7. The first kappa shape index (κ1) is 22.4. The first-order valence-electron chi connectivity index (χ1n) is 9.89. The highest BCUT2D eigenvalue weighted by Gasteiger charge is 2.35. The van der Waals surface area contributed by atoms with E-state index in [0.29, 0.717) is 16.8 Å². The molecule has 7 heteroatoms. The smallest absolute Gasteiger partial charge is 0.260 e. The average molecular weight is 437 g/mol. The van der Waals surface area contributed by atoms with Gasteiger partial charge in [-0.05, 0) is 75.2 Å². The Morgan fingerprint density at radius 3 is 2.35 bits per heavy atom. The third-order valence-electron chi connectivity index (χ3n) is 4.50. The van der Waals surface area contributed by atoms with Crippen LogP contribution in [0.2, 0.25) is 5.15 Å². The van der Waals surface area contributed by atoms with Crippen LogP contribution < -0.4 is 10.2 Å². The molecule has 0 radical (unpaired) electrons. The predicted molar refractivity (Wildman–Crippen MR) is 122 cm³/mol. The molecular formula is C24H25ClN4O2. The van der Waals surface area contributed by atoms with Gasteiger partial charge in [-0.1, -0.05) is 23.7 Å². The van der Waals surface area contributed by atoms with E-state index in [4.69, 9.17) is 11.6 Å². The summed E-state index contributed by atoms with van der Waals surface area (Å²) < 4.78 is 0. The lowest BCUT2D eigenvalue weighted by Crippen LogP contribution is -2.49. The number of halogens is 1. The maximum atomic E-state index is 13.7. The van der Waals surface area contributed by atoms with E-state index in [1.165, 1.54) is 11.1 Å². The second-order valence-corrected chi connectivity index (χ2v) is 8.69. The van der Waals surface area contributed by atoms with Gasteiger partial charge in [0.25, 0.3) is 5.91 Å². The molecule has 31 heavy (non-hydrogen) atoms. The summed E-state index contributed by atoms with van der Waals surface area (Å²) in [7, 11) is 0. The fourth-order valence-electron chi connectivity index (χ4n) is 3.20. The van der Waals surface area contributed by atoms with E-state index >= 15 is 0 Å². The Kier molecular flexibility index (Phi) is 6.71. The van der Waals surface area contributed by atoms with Gasteiger partial charge < -0.3 is 5.32 Å². The molecule has 0 spiro atoms. The standard InChI is InChI=1S/C24H25ClN4O2/c1-16-6-5-7-19(14-16)29(23(31)18-8-9-20(25)27-15-18)21(17-10-12-26-13-11-17)22(30)28-24(2,3)4/h5-15,21H,1-4H3,(H,28,30)/t21-/m1/s1. The van der Waals surface area contributed by atoms with Crippen LogP contribution in [0.3, 0.4) is 0 Å². The Hall–Kier alpha value is -3.25. The fraction of sp³-hybridized carbons (Fsp3) is 0.250. The number of nitrogens with zero attached hydrogens (tertiary/aromatic N) is 3. The number of pyridine rings is 2. The van der Waals surface area contributed by atoms with Crippen molar-refractivity contribution in [2.24, 2.45) is 0 Å². The van der Waals surface area contributed by atoms with Gasteiger partial charge in [0.05, 0.1) is 5.56 Å². The van der Waals surface area contributed by atoms with Crippen LogP contribution in [0.1, 0.15) is 48.3 Å². The molecule has 0 fully saturated rings. The van der Waals surface area contributed by atoms with E-state index in [1.807, 2.05) is 52.0 Å². The molecule has 0 unspecified atom stereocenters. The number of amides is 2. The highest BCUT2D eigenvalue weighted by atomic mass is 35.5. The minimum absolute atomic E-state index is 0.287. The Balaban J connectivity index is 2.18. The molecule has 2 amide bonds. The zero-order valence-electron chi connectivity index (χ0n) is 18.0. The van der Waals surface area contributed by atoms with Crippen LogP contribution in [-0.4, -0.2) is 27.3 Å². The van der Waals surface area contributed by atoms with Crippen molar-refractivity contribution < 1.29 is 9.59 Å². The Labute approximate surface area is 187 Å². The van der Waals surface area contributed by atoms with E-state index in [0.717, 1.165) is 5.56 Å². The van der Waals surface area contributed by atoms with Crippen molar-refractivity contribution in [1.29, 1.82) is 0 Å². The largest absolute Gasteiger partial charge is 0.349 e. The zero-order chi connectivity index (χ0) is 22.6. The lowest BCUT2D eigenvalue weighted by molar-refractivity contribution is -0.123. The van der Waals surface area contributed by atoms with Gasteiger partial charge in [-0.2, -0.15) is 0 Å². The van der Waals surface area contributed by atoms with Gasteiger partial charge in [0.15, 0.2) is 0 Å². The number of carbonyl (C=O) groups excluding carboxylic acids is 2. The van der Waals surface area contributed by atoms with Crippen LogP contribution in [0.4, 0.5) is 5.69 Å². The fourth-order valence-corrected chi connectivity index (χ4v) is 3.32. The minimum Gasteiger partial charge on any atom is -0.349 e. The van der Waals surface area contributed by atoms with Crippen molar-refractivity contribution in [3.8, 4) is 0 Å². The van der Waals surface area contributed by atoms with Crippen molar-refractivity contribution in [2.45, 2.75) is 39.3 Å². The van der Waals surface area contributed by atoms with Gasteiger partial charge >= 0.3 is 0 Å². The molecule has 160 valence electrons. The number of hydrogen-bond acceptors (Lipinski definition) is 4. The second-order valence-electron chi connectivity index (χ2n) is 8.31. The van der Waals surface area contributed by atoms with Gasteiger partial charge in [0.1, 0.15) is 11.2 Å². The second kappa shape index (κ2) is 9.27. The molecule has 0 aliphatic carbocycles. The Morgan fingerprint density at radius 2 is 1.77 bits per heavy atom. The number of anilines is 1. The summed E-state index contributed by atoms with van der Waals surface area (Å²) in [4.78, 5) is 36.8. The molecule has 2 heterocycles. The summed E-state index contributed by atoms with van der Waals surface area (Å²) >= 11 is 5.91. The summed E-state index contributed by atoms with van der Waals surface area (Å²) in [5.74, 6) is -0.656. The lowest BCUT2D eigenvalue weighted by atomic mass is 10.0. The lowest BCUT2D eigenvalue weighted by Gasteiger charge is -2.34. The molecule has 0 bridgehead atoms. The Bertz CT molecular complexity index is 1060. The molecular weight excluding hydrogens is 412 g/mol. The number of carbonyl (C=O) groups is 2. The molecule has 2 aromatic heterocycles. The van der Waals surface area contributed by atoms with Crippen LogP contribution in [0.25, 0.3) is 0 Å². The third kappa shape index (κ3) is 5.67. The van der Waals surface area contributed by atoms with Crippen molar-refractivity contribution in [1.82, 2.24) is 15.3 Å². The number of benzene rings is 1. The van der Waals surface area contributed by atoms with E-state index in [9.17, 15) is 9.59 Å². The summed E-state index contributed by atoms with van der Waals surface area (Å²) in [6, 6.07) is 13.2. The van der Waals surface area contributed by atoms with E-state index < -0.39 is 11.6 Å². The summed E-state index contributed by atoms with van der Waals surface area (Å²) in [5, 5.41) is 3.29. The van der Waals surface area contributed by atoms with Crippen LogP contribution >= 0.6 is 11.6 Å². The Morgan fingerprint density at radius 1 is 1.06 bits per heavy atom. The molecule has 0 saturated carbocycles. The third-order valence-corrected chi connectivity index (χ3v) is 4.72. The van der Waals surface area contributed by atoms with Crippen molar-refractivity contribution in [3.63, 3.8) is 0 Å². The van der Waals surface area contributed by atoms with Gasteiger partial charge in [0, 0.05) is 29.8 Å². The minimum atomic E-state index is -0.910. The summed E-state index contributed by atoms with van der Waals surface area (Å²) in [5.41, 5.74) is 2.06. The molecule has 3 rings (SSSR count). The SMILES string of the molecule is Cc1cccc(N(C(=O)c2ccc(Cl)nc2)[C@@H](C(=O)NC(C)(C)C)c2ccncc2)c1. The first-order chi connectivity index (χ1) is 14.7. The topological polar surface area (TPSA) is 75.2 Å². The van der Waals surface area contributed by atoms with Crippen molar-refractivity contribution in [3.05, 3.63) is 89.0 Å². The first-order valence-corrected chi connectivity index (χ1v) is 10.3. The number of aryl methyl sites for hydroxylation is 1. The number of rotatable bonds is 5. The summed E-state index contributed by atoms with van der Waals surface area (Å²) in [6.45, 7) is 7.63. The van der Waals surface area contributed by atoms with E-state index in [2.05, 4.69) is 15.3 Å². The van der Waals surface area contributed by atoms with Crippen molar-refractivity contribution >= 4 is 29.1 Å². The van der Waals surface area contributed by atoms with Gasteiger partial charge in [-0.25, -0.2) is 4.98 Å². The highest BCUT2D eigenvalue weighted by Crippen LogP contribution is 2.30.